The molecule has 0 heterocycles. The van der Waals surface area contributed by atoms with Gasteiger partial charge in [0, 0.05) is 5.56 Å². The Morgan fingerprint density at radius 2 is 1.12 bits per heavy atom. The lowest BCUT2D eigenvalue weighted by molar-refractivity contribution is 0.397. The second-order valence-corrected chi connectivity index (χ2v) is 7.07. The molecule has 26 heavy (non-hydrogen) atoms. The van der Waals surface area contributed by atoms with Crippen LogP contribution < -0.4 is 24.8 Å². The van der Waals surface area contributed by atoms with Crippen LogP contribution in [-0.2, 0) is 4.57 Å². The Morgan fingerprint density at radius 3 is 1.73 bits per heavy atom. The van der Waals surface area contributed by atoms with E-state index in [1.165, 1.54) is 0 Å². The van der Waals surface area contributed by atoms with Crippen molar-refractivity contribution in [3.8, 4) is 28.4 Å². The lowest BCUT2D eigenvalue weighted by Crippen LogP contribution is -2.12. The molecule has 132 valence electrons. The molecule has 0 bridgehead atoms. The monoisotopic (exact) mass is 367 g/mol. The van der Waals surface area contributed by atoms with Gasteiger partial charge in [-0.15, -0.1) is 0 Å². The van der Waals surface area contributed by atoms with Gasteiger partial charge in [0.15, 0.2) is 5.75 Å². The molecule has 0 saturated heterocycles. The van der Waals surface area contributed by atoms with Crippen molar-refractivity contribution in [2.24, 2.45) is 0 Å². The van der Waals surface area contributed by atoms with E-state index in [0.717, 1.165) is 11.1 Å². The van der Waals surface area contributed by atoms with E-state index in [1.807, 2.05) is 66.7 Å². The summed E-state index contributed by atoms with van der Waals surface area (Å²) >= 11 is 0. The second-order valence-electron chi connectivity index (χ2n) is 5.52. The minimum absolute atomic E-state index is 0.607. The average Bonchev–Trinajstić information content (AvgIpc) is 2.72. The van der Waals surface area contributed by atoms with E-state index in [-0.39, 0.29) is 0 Å². The SMILES string of the molecule is COc1ccccc1[P+](=O)c1ccccc1-c1c(OC)cccc1OC. The number of benzene rings is 3. The molecule has 0 N–H and O–H groups in total. The zero-order chi connectivity index (χ0) is 18.5. The van der Waals surface area contributed by atoms with Gasteiger partial charge in [-0.25, -0.2) is 0 Å². The maximum absolute atomic E-state index is 13.4. The van der Waals surface area contributed by atoms with Crippen LogP contribution in [0, 0.1) is 0 Å². The molecule has 3 aromatic carbocycles. The van der Waals surface area contributed by atoms with E-state index in [2.05, 4.69) is 0 Å². The topological polar surface area (TPSA) is 44.8 Å². The van der Waals surface area contributed by atoms with Crippen molar-refractivity contribution in [3.05, 3.63) is 66.7 Å². The number of rotatable bonds is 6. The van der Waals surface area contributed by atoms with Crippen molar-refractivity contribution >= 4 is 18.4 Å². The predicted molar refractivity (Wildman–Crippen MR) is 105 cm³/mol. The summed E-state index contributed by atoms with van der Waals surface area (Å²) in [6, 6.07) is 20.5. The number of methoxy groups -OCH3 is 3. The Hall–Kier alpha value is -2.84. The van der Waals surface area contributed by atoms with Crippen molar-refractivity contribution in [3.63, 3.8) is 0 Å². The first kappa shape index (κ1) is 18.0. The molecular weight excluding hydrogens is 347 g/mol. The van der Waals surface area contributed by atoms with Crippen LogP contribution >= 0.6 is 7.80 Å². The van der Waals surface area contributed by atoms with Crippen molar-refractivity contribution in [2.75, 3.05) is 21.3 Å². The largest absolute Gasteiger partial charge is 0.496 e. The zero-order valence-corrected chi connectivity index (χ0v) is 15.8. The van der Waals surface area contributed by atoms with Crippen molar-refractivity contribution in [1.82, 2.24) is 0 Å². The number of hydrogen-bond donors (Lipinski definition) is 0. The molecule has 5 heteroatoms. The summed E-state index contributed by atoms with van der Waals surface area (Å²) < 4.78 is 29.9. The van der Waals surface area contributed by atoms with Crippen LogP contribution in [0.4, 0.5) is 0 Å². The van der Waals surface area contributed by atoms with Gasteiger partial charge in [-0.1, -0.05) is 34.9 Å². The van der Waals surface area contributed by atoms with E-state index in [1.54, 1.807) is 21.3 Å². The number of ether oxygens (including phenoxy) is 3. The highest BCUT2D eigenvalue weighted by molar-refractivity contribution is 7.62. The van der Waals surface area contributed by atoms with Crippen LogP contribution in [0.1, 0.15) is 0 Å². The van der Waals surface area contributed by atoms with Gasteiger partial charge in [0.1, 0.15) is 11.5 Å². The maximum atomic E-state index is 13.4. The molecule has 0 aliphatic carbocycles. The van der Waals surface area contributed by atoms with E-state index < -0.39 is 7.80 Å². The van der Waals surface area contributed by atoms with Crippen LogP contribution in [0.25, 0.3) is 11.1 Å². The molecular formula is C21H20O4P+. The van der Waals surface area contributed by atoms with Crippen molar-refractivity contribution in [1.29, 1.82) is 0 Å². The quantitative estimate of drug-likeness (QED) is 0.614. The summed E-state index contributed by atoms with van der Waals surface area (Å²) in [5.41, 5.74) is 1.60. The predicted octanol–water partition coefficient (Wildman–Crippen LogP) is 4.16. The van der Waals surface area contributed by atoms with Gasteiger partial charge in [-0.05, 0) is 36.4 Å². The van der Waals surface area contributed by atoms with Gasteiger partial charge in [0.25, 0.3) is 0 Å². The summed E-state index contributed by atoms with van der Waals surface area (Å²) in [6.45, 7) is 0. The molecule has 0 radical (unpaired) electrons. The molecule has 3 rings (SSSR count). The van der Waals surface area contributed by atoms with Crippen molar-refractivity contribution in [2.45, 2.75) is 0 Å². The fourth-order valence-electron chi connectivity index (χ4n) is 2.91. The Bertz CT molecular complexity index is 915. The van der Waals surface area contributed by atoms with Gasteiger partial charge < -0.3 is 14.2 Å². The lowest BCUT2D eigenvalue weighted by atomic mass is 10.0. The number of para-hydroxylation sites is 1. The molecule has 0 spiro atoms. The third-order valence-electron chi connectivity index (χ3n) is 4.12. The van der Waals surface area contributed by atoms with Gasteiger partial charge >= 0.3 is 7.80 Å². The normalized spacial score (nSPS) is 11.0. The summed E-state index contributed by atoms with van der Waals surface area (Å²) in [5, 5.41) is 1.36. The van der Waals surface area contributed by atoms with Crippen LogP contribution in [-0.4, -0.2) is 21.3 Å². The first-order valence-corrected chi connectivity index (χ1v) is 9.38. The molecule has 4 nitrogen and oxygen atoms in total. The van der Waals surface area contributed by atoms with Gasteiger partial charge in [0.05, 0.1) is 26.9 Å². The van der Waals surface area contributed by atoms with Crippen LogP contribution in [0.3, 0.4) is 0 Å². The second kappa shape index (κ2) is 8.03. The fraction of sp³-hybridized carbons (Fsp3) is 0.143. The summed E-state index contributed by atoms with van der Waals surface area (Å²) in [7, 11) is 2.94. The molecule has 0 aliphatic heterocycles. The molecule has 0 saturated carbocycles. The molecule has 1 atom stereocenters. The molecule has 1 unspecified atom stereocenters. The van der Waals surface area contributed by atoms with Crippen LogP contribution in [0.5, 0.6) is 17.2 Å². The van der Waals surface area contributed by atoms with Gasteiger partial charge in [0.2, 0.25) is 10.6 Å². The summed E-state index contributed by atoms with van der Waals surface area (Å²) in [5.74, 6) is 1.94. The fourth-order valence-corrected chi connectivity index (χ4v) is 4.38. The van der Waals surface area contributed by atoms with E-state index >= 15 is 0 Å². The van der Waals surface area contributed by atoms with E-state index in [4.69, 9.17) is 14.2 Å². The Labute approximate surface area is 154 Å². The van der Waals surface area contributed by atoms with E-state index in [0.29, 0.717) is 27.9 Å². The first-order valence-electron chi connectivity index (χ1n) is 8.12. The maximum Gasteiger partial charge on any atom is 0.419 e. The minimum Gasteiger partial charge on any atom is -0.496 e. The molecule has 0 amide bonds. The molecule has 0 fully saturated rings. The molecule has 0 aromatic heterocycles. The first-order chi connectivity index (χ1) is 12.7. The highest BCUT2D eigenvalue weighted by Crippen LogP contribution is 2.40. The average molecular weight is 367 g/mol. The third-order valence-corrected chi connectivity index (χ3v) is 5.76. The van der Waals surface area contributed by atoms with Gasteiger partial charge in [-0.3, -0.25) is 0 Å². The standard InChI is InChI=1S/C21H20O4P/c1-23-16-10-5-7-14-20(16)26(22)19-13-6-4-9-15(19)21-17(24-2)11-8-12-18(21)25-3/h4-14H,1-3H3/q+1. The minimum atomic E-state index is -1.86. The third kappa shape index (κ3) is 3.29. The van der Waals surface area contributed by atoms with Crippen LogP contribution in [0.15, 0.2) is 66.7 Å². The lowest BCUT2D eigenvalue weighted by Gasteiger charge is -2.13. The van der Waals surface area contributed by atoms with E-state index in [9.17, 15) is 4.57 Å². The number of hydrogen-bond acceptors (Lipinski definition) is 4. The Morgan fingerprint density at radius 1 is 0.615 bits per heavy atom. The highest BCUT2D eigenvalue weighted by atomic mass is 31.1. The summed E-state index contributed by atoms with van der Waals surface area (Å²) in [6.07, 6.45) is 0. The smallest absolute Gasteiger partial charge is 0.419 e. The molecule has 0 aliphatic rings. The Kier molecular flexibility index (Phi) is 5.55. The van der Waals surface area contributed by atoms with Crippen molar-refractivity contribution < 1.29 is 18.8 Å². The van der Waals surface area contributed by atoms with Gasteiger partial charge in [-0.2, -0.15) is 0 Å². The summed E-state index contributed by atoms with van der Waals surface area (Å²) in [4.78, 5) is 0. The zero-order valence-electron chi connectivity index (χ0n) is 14.9. The molecule has 3 aromatic rings. The Balaban J connectivity index is 2.21. The highest BCUT2D eigenvalue weighted by Gasteiger charge is 2.32. The van der Waals surface area contributed by atoms with Crippen LogP contribution in [0.2, 0.25) is 0 Å².